The highest BCUT2D eigenvalue weighted by Gasteiger charge is 2.34. The van der Waals surface area contributed by atoms with Crippen LogP contribution < -0.4 is 4.90 Å². The van der Waals surface area contributed by atoms with E-state index in [1.807, 2.05) is 17.0 Å². The summed E-state index contributed by atoms with van der Waals surface area (Å²) < 4.78 is 65.1. The Hall–Kier alpha value is -1.77. The lowest BCUT2D eigenvalue weighted by Gasteiger charge is -2.35. The molecule has 2 aromatic rings. The van der Waals surface area contributed by atoms with Gasteiger partial charge in [-0.15, -0.1) is 0 Å². The van der Waals surface area contributed by atoms with Crippen molar-refractivity contribution in [2.45, 2.75) is 11.1 Å². The first-order valence-corrected chi connectivity index (χ1v) is 9.68. The van der Waals surface area contributed by atoms with Crippen molar-refractivity contribution in [3.63, 3.8) is 0 Å². The van der Waals surface area contributed by atoms with E-state index in [0.29, 0.717) is 24.2 Å². The Balaban J connectivity index is 1.75. The van der Waals surface area contributed by atoms with E-state index in [0.717, 1.165) is 17.8 Å². The predicted octanol–water partition coefficient (Wildman–Crippen LogP) is 3.87. The molecule has 0 radical (unpaired) electrons. The SMILES string of the molecule is O=S(=O)(c1cccc(C(F)(F)F)c1)N1CCN(c2ccc(Cl)cc2)CC1. The van der Waals surface area contributed by atoms with Crippen molar-refractivity contribution in [2.75, 3.05) is 31.1 Å². The fraction of sp³-hybridized carbons (Fsp3) is 0.294. The van der Waals surface area contributed by atoms with Crippen molar-refractivity contribution in [1.29, 1.82) is 0 Å². The molecule has 140 valence electrons. The van der Waals surface area contributed by atoms with Crippen LogP contribution in [0.25, 0.3) is 0 Å². The van der Waals surface area contributed by atoms with E-state index in [1.54, 1.807) is 12.1 Å². The zero-order valence-electron chi connectivity index (χ0n) is 13.6. The summed E-state index contributed by atoms with van der Waals surface area (Å²) in [5.41, 5.74) is -0.0520. The molecule has 26 heavy (non-hydrogen) atoms. The van der Waals surface area contributed by atoms with Gasteiger partial charge in [-0.1, -0.05) is 17.7 Å². The van der Waals surface area contributed by atoms with Gasteiger partial charge in [-0.2, -0.15) is 17.5 Å². The zero-order valence-corrected chi connectivity index (χ0v) is 15.2. The molecule has 0 atom stereocenters. The first kappa shape index (κ1) is 19.0. The largest absolute Gasteiger partial charge is 0.416 e. The van der Waals surface area contributed by atoms with Crippen LogP contribution >= 0.6 is 11.6 Å². The Bertz CT molecular complexity index is 878. The molecule has 9 heteroatoms. The minimum Gasteiger partial charge on any atom is -0.369 e. The first-order chi connectivity index (χ1) is 12.2. The topological polar surface area (TPSA) is 40.6 Å². The minimum atomic E-state index is -4.58. The van der Waals surface area contributed by atoms with Crippen LogP contribution in [0.1, 0.15) is 5.56 Å². The maximum atomic E-state index is 12.8. The van der Waals surface area contributed by atoms with Gasteiger partial charge >= 0.3 is 6.18 Å². The fourth-order valence-corrected chi connectivity index (χ4v) is 4.42. The van der Waals surface area contributed by atoms with Gasteiger partial charge in [-0.3, -0.25) is 0 Å². The number of rotatable bonds is 3. The molecule has 1 fully saturated rings. The molecule has 0 bridgehead atoms. The van der Waals surface area contributed by atoms with Crippen LogP contribution in [0.15, 0.2) is 53.4 Å². The Morgan fingerprint density at radius 2 is 1.54 bits per heavy atom. The number of nitrogens with zero attached hydrogens (tertiary/aromatic N) is 2. The van der Waals surface area contributed by atoms with E-state index in [4.69, 9.17) is 11.6 Å². The fourth-order valence-electron chi connectivity index (χ4n) is 2.82. The summed E-state index contributed by atoms with van der Waals surface area (Å²) in [4.78, 5) is 1.67. The summed E-state index contributed by atoms with van der Waals surface area (Å²) in [6.45, 7) is 1.28. The lowest BCUT2D eigenvalue weighted by molar-refractivity contribution is -0.137. The lowest BCUT2D eigenvalue weighted by Crippen LogP contribution is -2.48. The molecular formula is C17H16ClF3N2O2S. The number of hydrogen-bond donors (Lipinski definition) is 0. The third-order valence-electron chi connectivity index (χ3n) is 4.23. The Morgan fingerprint density at radius 1 is 0.923 bits per heavy atom. The van der Waals surface area contributed by atoms with Gasteiger partial charge in [-0.05, 0) is 42.5 Å². The van der Waals surface area contributed by atoms with Gasteiger partial charge in [0, 0.05) is 36.9 Å². The number of halogens is 4. The molecule has 2 aromatic carbocycles. The van der Waals surface area contributed by atoms with Gasteiger partial charge in [-0.25, -0.2) is 8.42 Å². The highest BCUT2D eigenvalue weighted by Crippen LogP contribution is 2.31. The standard InChI is InChI=1S/C17H16ClF3N2O2S/c18-14-4-6-15(7-5-14)22-8-10-23(11-9-22)26(24,25)16-3-1-2-13(12-16)17(19,20)21/h1-7,12H,8-11H2. The molecule has 0 unspecified atom stereocenters. The van der Waals surface area contributed by atoms with E-state index >= 15 is 0 Å². The summed E-state index contributed by atoms with van der Waals surface area (Å²) >= 11 is 5.86. The highest BCUT2D eigenvalue weighted by atomic mass is 35.5. The van der Waals surface area contributed by atoms with E-state index in [2.05, 4.69) is 0 Å². The quantitative estimate of drug-likeness (QED) is 0.779. The molecule has 1 aliphatic heterocycles. The second-order valence-electron chi connectivity index (χ2n) is 5.89. The summed E-state index contributed by atoms with van der Waals surface area (Å²) in [7, 11) is -3.97. The van der Waals surface area contributed by atoms with Gasteiger partial charge in [0.05, 0.1) is 10.5 Å². The molecular weight excluding hydrogens is 389 g/mol. The number of alkyl halides is 3. The van der Waals surface area contributed by atoms with Crippen LogP contribution in [0.4, 0.5) is 18.9 Å². The number of sulfonamides is 1. The third kappa shape index (κ3) is 3.97. The van der Waals surface area contributed by atoms with Crippen LogP contribution in [-0.4, -0.2) is 38.9 Å². The molecule has 1 heterocycles. The normalized spacial score (nSPS) is 16.7. The summed E-state index contributed by atoms with van der Waals surface area (Å²) in [5, 5.41) is 0.611. The van der Waals surface area contributed by atoms with Gasteiger partial charge < -0.3 is 4.90 Å². The molecule has 0 N–H and O–H groups in total. The molecule has 4 nitrogen and oxygen atoms in total. The van der Waals surface area contributed by atoms with Crippen molar-refractivity contribution in [2.24, 2.45) is 0 Å². The maximum Gasteiger partial charge on any atom is 0.416 e. The Morgan fingerprint density at radius 3 is 2.12 bits per heavy atom. The van der Waals surface area contributed by atoms with Crippen molar-refractivity contribution in [3.05, 3.63) is 59.1 Å². The van der Waals surface area contributed by atoms with Gasteiger partial charge in [0.25, 0.3) is 0 Å². The van der Waals surface area contributed by atoms with Crippen LogP contribution in [-0.2, 0) is 16.2 Å². The van der Waals surface area contributed by atoms with E-state index in [1.165, 1.54) is 10.4 Å². The number of piperazine rings is 1. The maximum absolute atomic E-state index is 12.8. The summed E-state index contributed by atoms with van der Waals surface area (Å²) in [6.07, 6.45) is -4.58. The molecule has 1 aliphatic rings. The molecule has 0 aromatic heterocycles. The molecule has 1 saturated heterocycles. The van der Waals surface area contributed by atoms with Gasteiger partial charge in [0.2, 0.25) is 10.0 Å². The average molecular weight is 405 g/mol. The monoisotopic (exact) mass is 404 g/mol. The van der Waals surface area contributed by atoms with Gasteiger partial charge in [0.1, 0.15) is 0 Å². The van der Waals surface area contributed by atoms with Crippen molar-refractivity contribution in [1.82, 2.24) is 4.31 Å². The first-order valence-electron chi connectivity index (χ1n) is 7.86. The molecule has 0 aliphatic carbocycles. The van der Waals surface area contributed by atoms with E-state index < -0.39 is 21.8 Å². The summed E-state index contributed by atoms with van der Waals surface area (Å²) in [6, 6.07) is 11.0. The molecule has 0 amide bonds. The number of anilines is 1. The zero-order chi connectivity index (χ0) is 18.9. The van der Waals surface area contributed by atoms with Gasteiger partial charge in [0.15, 0.2) is 0 Å². The molecule has 3 rings (SSSR count). The van der Waals surface area contributed by atoms with Crippen LogP contribution in [0.2, 0.25) is 5.02 Å². The predicted molar refractivity (Wildman–Crippen MR) is 93.9 cm³/mol. The lowest BCUT2D eigenvalue weighted by atomic mass is 10.2. The Kier molecular flexibility index (Phi) is 5.18. The highest BCUT2D eigenvalue weighted by molar-refractivity contribution is 7.89. The average Bonchev–Trinajstić information content (AvgIpc) is 2.62. The van der Waals surface area contributed by atoms with Crippen molar-refractivity contribution >= 4 is 27.3 Å². The minimum absolute atomic E-state index is 0.196. The Labute approximate surface area is 154 Å². The van der Waals surface area contributed by atoms with E-state index in [-0.39, 0.29) is 18.0 Å². The second kappa shape index (κ2) is 7.09. The molecule has 0 spiro atoms. The van der Waals surface area contributed by atoms with Crippen molar-refractivity contribution in [3.8, 4) is 0 Å². The number of hydrogen-bond acceptors (Lipinski definition) is 3. The van der Waals surface area contributed by atoms with Crippen LogP contribution in [0, 0.1) is 0 Å². The molecule has 0 saturated carbocycles. The second-order valence-corrected chi connectivity index (χ2v) is 8.27. The third-order valence-corrected chi connectivity index (χ3v) is 6.38. The van der Waals surface area contributed by atoms with Crippen LogP contribution in [0.3, 0.4) is 0 Å². The smallest absolute Gasteiger partial charge is 0.369 e. The van der Waals surface area contributed by atoms with Crippen LogP contribution in [0.5, 0.6) is 0 Å². The number of benzene rings is 2. The van der Waals surface area contributed by atoms with Crippen molar-refractivity contribution < 1.29 is 21.6 Å². The van der Waals surface area contributed by atoms with E-state index in [9.17, 15) is 21.6 Å². The summed E-state index contributed by atoms with van der Waals surface area (Å²) in [5.74, 6) is 0.